The largest absolute Gasteiger partial charge is 0.489 e. The van der Waals surface area contributed by atoms with Gasteiger partial charge in [0.05, 0.1) is 5.56 Å². The molecule has 5 atom stereocenters. The average Bonchev–Trinajstić information content (AvgIpc) is 2.74. The molecule has 1 heterocycles. The summed E-state index contributed by atoms with van der Waals surface area (Å²) in [5.74, 6) is 0.431. The number of carbonyl (C=O) groups excluding carboxylic acids is 1. The minimum Gasteiger partial charge on any atom is -0.489 e. The first-order valence-electron chi connectivity index (χ1n) is 9.30. The van der Waals surface area contributed by atoms with Crippen molar-refractivity contribution in [1.29, 1.82) is 0 Å². The molecular formula is C21H24O9. The second-order valence-corrected chi connectivity index (χ2v) is 7.06. The van der Waals surface area contributed by atoms with Crippen LogP contribution >= 0.6 is 0 Å². The van der Waals surface area contributed by atoms with E-state index in [0.717, 1.165) is 11.1 Å². The van der Waals surface area contributed by atoms with Gasteiger partial charge in [-0.05, 0) is 30.7 Å². The van der Waals surface area contributed by atoms with Crippen molar-refractivity contribution in [3.8, 4) is 11.5 Å². The highest BCUT2D eigenvalue weighted by Gasteiger charge is 2.47. The second kappa shape index (κ2) is 9.52. The molecular weight excluding hydrogens is 396 g/mol. The van der Waals surface area contributed by atoms with Gasteiger partial charge in [-0.3, -0.25) is 4.79 Å². The van der Waals surface area contributed by atoms with E-state index in [0.29, 0.717) is 18.6 Å². The molecule has 5 N–H and O–H groups in total. The smallest absolute Gasteiger partial charge is 0.229 e. The monoisotopic (exact) mass is 420 g/mol. The van der Waals surface area contributed by atoms with E-state index < -0.39 is 37.0 Å². The summed E-state index contributed by atoms with van der Waals surface area (Å²) in [7, 11) is 0. The summed E-state index contributed by atoms with van der Waals surface area (Å²) in [4.78, 5) is 11.5. The number of benzene rings is 2. The van der Waals surface area contributed by atoms with Gasteiger partial charge in [0.15, 0.2) is 12.6 Å². The molecule has 5 unspecified atom stereocenters. The molecule has 2 aromatic carbocycles. The van der Waals surface area contributed by atoms with Crippen molar-refractivity contribution in [1.82, 2.24) is 0 Å². The molecule has 9 nitrogen and oxygen atoms in total. The van der Waals surface area contributed by atoms with E-state index in [9.17, 15) is 30.3 Å². The Morgan fingerprint density at radius 1 is 1.03 bits per heavy atom. The van der Waals surface area contributed by atoms with E-state index in [2.05, 4.69) is 0 Å². The van der Waals surface area contributed by atoms with Gasteiger partial charge in [0.2, 0.25) is 6.29 Å². The average molecular weight is 420 g/mol. The molecule has 1 saturated heterocycles. The Hall–Kier alpha value is -2.53. The number of aryl methyl sites for hydroxylation is 1. The molecule has 3 rings (SSSR count). The van der Waals surface area contributed by atoms with Gasteiger partial charge in [-0.25, -0.2) is 0 Å². The SMILES string of the molecule is Cc1ccc(COc2ccc(OC3OC(C(O)O)C(O)C(O)C3O)c(C=O)c2)cc1. The van der Waals surface area contributed by atoms with E-state index in [1.54, 1.807) is 6.07 Å². The number of hydrogen-bond acceptors (Lipinski definition) is 9. The summed E-state index contributed by atoms with van der Waals surface area (Å²) in [5, 5.41) is 48.4. The van der Waals surface area contributed by atoms with E-state index in [1.165, 1.54) is 12.1 Å². The number of aliphatic hydroxyl groups excluding tert-OH is 4. The molecule has 0 amide bonds. The van der Waals surface area contributed by atoms with Gasteiger partial charge in [-0.2, -0.15) is 0 Å². The highest BCUT2D eigenvalue weighted by molar-refractivity contribution is 5.80. The third-order valence-electron chi connectivity index (χ3n) is 4.78. The highest BCUT2D eigenvalue weighted by Crippen LogP contribution is 2.29. The minimum absolute atomic E-state index is 0.0199. The lowest BCUT2D eigenvalue weighted by Crippen LogP contribution is -2.62. The normalized spacial score (nSPS) is 26.4. The molecule has 0 radical (unpaired) electrons. The molecule has 0 aliphatic carbocycles. The Bertz CT molecular complexity index is 852. The lowest BCUT2D eigenvalue weighted by atomic mass is 9.98. The van der Waals surface area contributed by atoms with Crippen molar-refractivity contribution < 1.29 is 44.5 Å². The number of aliphatic hydroxyl groups is 5. The zero-order valence-corrected chi connectivity index (χ0v) is 16.2. The van der Waals surface area contributed by atoms with Crippen molar-refractivity contribution in [2.75, 3.05) is 0 Å². The molecule has 1 aliphatic rings. The lowest BCUT2D eigenvalue weighted by molar-refractivity contribution is -0.310. The van der Waals surface area contributed by atoms with Crippen molar-refractivity contribution in [3.63, 3.8) is 0 Å². The highest BCUT2D eigenvalue weighted by atomic mass is 16.7. The van der Waals surface area contributed by atoms with Crippen LogP contribution in [-0.4, -0.2) is 68.8 Å². The predicted molar refractivity (Wildman–Crippen MR) is 103 cm³/mol. The summed E-state index contributed by atoms with van der Waals surface area (Å²) in [6, 6.07) is 12.2. The van der Waals surface area contributed by atoms with Crippen LogP contribution in [0.4, 0.5) is 0 Å². The van der Waals surface area contributed by atoms with Crippen LogP contribution in [0, 0.1) is 6.92 Å². The predicted octanol–water partition coefficient (Wildman–Crippen LogP) is -0.116. The zero-order chi connectivity index (χ0) is 21.8. The van der Waals surface area contributed by atoms with Gasteiger partial charge in [-0.1, -0.05) is 29.8 Å². The fraction of sp³-hybridized carbons (Fsp3) is 0.381. The molecule has 30 heavy (non-hydrogen) atoms. The lowest BCUT2D eigenvalue weighted by Gasteiger charge is -2.40. The molecule has 9 heteroatoms. The Kier molecular flexibility index (Phi) is 7.03. The van der Waals surface area contributed by atoms with Gasteiger partial charge in [0.25, 0.3) is 0 Å². The quantitative estimate of drug-likeness (QED) is 0.306. The fourth-order valence-corrected chi connectivity index (χ4v) is 3.01. The molecule has 0 bridgehead atoms. The maximum Gasteiger partial charge on any atom is 0.229 e. The standard InChI is InChI=1S/C21H24O9/c1-11-2-4-12(5-3-11)10-28-14-6-7-15(13(8-14)9-22)29-21-18(25)16(23)17(24)19(30-21)20(26)27/h2-9,16-21,23-27H,10H2,1H3. The van der Waals surface area contributed by atoms with Crippen LogP contribution in [-0.2, 0) is 11.3 Å². The van der Waals surface area contributed by atoms with Gasteiger partial charge < -0.3 is 39.7 Å². The van der Waals surface area contributed by atoms with Gasteiger partial charge in [0, 0.05) is 0 Å². The molecule has 1 aliphatic heterocycles. The van der Waals surface area contributed by atoms with Crippen LogP contribution in [0.15, 0.2) is 42.5 Å². The van der Waals surface area contributed by atoms with Crippen molar-refractivity contribution in [2.24, 2.45) is 0 Å². The topological polar surface area (TPSA) is 146 Å². The number of rotatable bonds is 7. The fourth-order valence-electron chi connectivity index (χ4n) is 3.01. The summed E-state index contributed by atoms with van der Waals surface area (Å²) in [5.41, 5.74) is 2.17. The minimum atomic E-state index is -2.11. The molecule has 0 aromatic heterocycles. The number of ether oxygens (including phenoxy) is 3. The van der Waals surface area contributed by atoms with Crippen molar-refractivity contribution >= 4 is 6.29 Å². The zero-order valence-electron chi connectivity index (χ0n) is 16.2. The van der Waals surface area contributed by atoms with Crippen LogP contribution in [0.25, 0.3) is 0 Å². The van der Waals surface area contributed by atoms with Crippen LogP contribution in [0.3, 0.4) is 0 Å². The van der Waals surface area contributed by atoms with Gasteiger partial charge in [-0.15, -0.1) is 0 Å². The Labute approximate surface area is 172 Å². The van der Waals surface area contributed by atoms with Crippen molar-refractivity contribution in [2.45, 2.75) is 50.5 Å². The summed E-state index contributed by atoms with van der Waals surface area (Å²) in [6.45, 7) is 2.28. The maximum atomic E-state index is 11.5. The first kappa shape index (κ1) is 22.2. The van der Waals surface area contributed by atoms with E-state index in [1.807, 2.05) is 31.2 Å². The third kappa shape index (κ3) is 4.96. The van der Waals surface area contributed by atoms with E-state index in [-0.39, 0.29) is 11.3 Å². The first-order valence-corrected chi connectivity index (χ1v) is 9.30. The van der Waals surface area contributed by atoms with Crippen LogP contribution in [0.2, 0.25) is 0 Å². The Balaban J connectivity index is 1.71. The Morgan fingerprint density at radius 2 is 1.73 bits per heavy atom. The van der Waals surface area contributed by atoms with E-state index >= 15 is 0 Å². The summed E-state index contributed by atoms with van der Waals surface area (Å²) >= 11 is 0. The number of carbonyl (C=O) groups is 1. The molecule has 162 valence electrons. The molecule has 0 saturated carbocycles. The van der Waals surface area contributed by atoms with Crippen molar-refractivity contribution in [3.05, 3.63) is 59.2 Å². The molecule has 2 aromatic rings. The van der Waals surface area contributed by atoms with Gasteiger partial charge >= 0.3 is 0 Å². The van der Waals surface area contributed by atoms with E-state index in [4.69, 9.17) is 14.2 Å². The maximum absolute atomic E-state index is 11.5. The van der Waals surface area contributed by atoms with Crippen LogP contribution in [0.1, 0.15) is 21.5 Å². The first-order chi connectivity index (χ1) is 14.3. The van der Waals surface area contributed by atoms with Crippen LogP contribution < -0.4 is 9.47 Å². The van der Waals surface area contributed by atoms with Gasteiger partial charge in [0.1, 0.15) is 42.5 Å². The summed E-state index contributed by atoms with van der Waals surface area (Å²) in [6.07, 6.45) is -9.91. The number of hydrogen-bond donors (Lipinski definition) is 5. The molecule has 1 fully saturated rings. The number of aldehydes is 1. The second-order valence-electron chi connectivity index (χ2n) is 7.06. The Morgan fingerprint density at radius 3 is 2.37 bits per heavy atom. The van der Waals surface area contributed by atoms with Crippen LogP contribution in [0.5, 0.6) is 11.5 Å². The third-order valence-corrected chi connectivity index (χ3v) is 4.78. The summed E-state index contributed by atoms with van der Waals surface area (Å²) < 4.78 is 16.3. The molecule has 0 spiro atoms.